The largest absolute Gasteiger partial charge is 0.504 e. The fourth-order valence-corrected chi connectivity index (χ4v) is 4.76. The number of cyclic esters (lactones) is 1. The van der Waals surface area contributed by atoms with Gasteiger partial charge in [0.2, 0.25) is 11.5 Å². The van der Waals surface area contributed by atoms with Crippen molar-refractivity contribution in [2.24, 2.45) is 0 Å². The molecule has 0 amide bonds. The second kappa shape index (κ2) is 11.0. The standard InChI is InChI=1S/C27H22O18/c28-9-1-6(2-10(29)16(9)32)24(38)45-23-22-19(35)13(43-27(23)41)5-42-25(39)7-3-11(30)17(33)20(36)14(7)15-8(26(40)44-22)4-12(31)18(34)21(15)37/h1-4,13,19,22-23,27-37,41H,5H2/t13-,19-,22+,23-,27-/m1/s1. The number of aliphatic hydroxyl groups excluding tert-OH is 2. The average molecular weight is 634 g/mol. The van der Waals surface area contributed by atoms with Gasteiger partial charge in [0.1, 0.15) is 18.8 Å². The summed E-state index contributed by atoms with van der Waals surface area (Å²) in [4.78, 5) is 39.5. The van der Waals surface area contributed by atoms with E-state index in [1.54, 1.807) is 0 Å². The Morgan fingerprint density at radius 1 is 0.689 bits per heavy atom. The highest BCUT2D eigenvalue weighted by molar-refractivity contribution is 6.08. The van der Waals surface area contributed by atoms with Crippen molar-refractivity contribution in [1.82, 2.24) is 0 Å². The molecule has 1 saturated heterocycles. The number of hydrogen-bond donors (Lipinski definition) is 11. The van der Waals surface area contributed by atoms with Crippen molar-refractivity contribution in [3.05, 3.63) is 41.0 Å². The number of phenolic OH excluding ortho intramolecular Hbond substituents is 9. The maximum absolute atomic E-state index is 13.6. The molecule has 0 spiro atoms. The van der Waals surface area contributed by atoms with Crippen molar-refractivity contribution in [2.45, 2.75) is 30.7 Å². The topological polar surface area (TPSA) is 311 Å². The van der Waals surface area contributed by atoms with Gasteiger partial charge in [-0.1, -0.05) is 0 Å². The van der Waals surface area contributed by atoms with E-state index in [2.05, 4.69) is 0 Å². The van der Waals surface area contributed by atoms with E-state index >= 15 is 0 Å². The number of aromatic hydroxyl groups is 9. The molecule has 45 heavy (non-hydrogen) atoms. The molecule has 18 nitrogen and oxygen atoms in total. The number of rotatable bonds is 2. The van der Waals surface area contributed by atoms with Gasteiger partial charge < -0.3 is 75.1 Å². The molecule has 3 aromatic carbocycles. The first kappa shape index (κ1) is 30.6. The molecule has 0 aliphatic carbocycles. The maximum Gasteiger partial charge on any atom is 0.339 e. The van der Waals surface area contributed by atoms with Gasteiger partial charge in [-0.15, -0.1) is 0 Å². The highest BCUT2D eigenvalue weighted by atomic mass is 16.7. The summed E-state index contributed by atoms with van der Waals surface area (Å²) in [6, 6.07) is 2.41. The first-order valence-corrected chi connectivity index (χ1v) is 12.5. The summed E-state index contributed by atoms with van der Waals surface area (Å²) < 4.78 is 20.8. The Morgan fingerprint density at radius 2 is 1.18 bits per heavy atom. The van der Waals surface area contributed by atoms with Crippen molar-refractivity contribution >= 4 is 17.9 Å². The quantitative estimate of drug-likeness (QED) is 0.0979. The lowest BCUT2D eigenvalue weighted by Gasteiger charge is -2.41. The summed E-state index contributed by atoms with van der Waals surface area (Å²) >= 11 is 0. The van der Waals surface area contributed by atoms with Crippen LogP contribution in [0, 0.1) is 0 Å². The molecule has 18 heteroatoms. The minimum Gasteiger partial charge on any atom is -0.504 e. The predicted octanol–water partition coefficient (Wildman–Crippen LogP) is -0.297. The molecule has 5 rings (SSSR count). The lowest BCUT2D eigenvalue weighted by Crippen LogP contribution is -2.61. The fraction of sp³-hybridized carbons (Fsp3) is 0.222. The van der Waals surface area contributed by atoms with Crippen LogP contribution in [-0.2, 0) is 18.9 Å². The normalized spacial score (nSPS) is 22.9. The van der Waals surface area contributed by atoms with Crippen LogP contribution >= 0.6 is 0 Å². The zero-order chi connectivity index (χ0) is 33.1. The van der Waals surface area contributed by atoms with E-state index in [9.17, 15) is 70.6 Å². The maximum atomic E-state index is 13.6. The van der Waals surface area contributed by atoms with E-state index in [4.69, 9.17) is 18.9 Å². The Morgan fingerprint density at radius 3 is 1.71 bits per heavy atom. The van der Waals surface area contributed by atoms with E-state index in [1.807, 2.05) is 0 Å². The number of fused-ring (bicyclic) bond motifs is 5. The molecule has 2 aliphatic rings. The fourth-order valence-electron chi connectivity index (χ4n) is 4.76. The second-order valence-corrected chi connectivity index (χ2v) is 9.79. The zero-order valence-corrected chi connectivity index (χ0v) is 22.2. The van der Waals surface area contributed by atoms with Crippen LogP contribution in [0.25, 0.3) is 11.1 Å². The molecule has 238 valence electrons. The number of hydrogen-bond acceptors (Lipinski definition) is 18. The Hall–Kier alpha value is -5.85. The van der Waals surface area contributed by atoms with Gasteiger partial charge in [-0.05, 0) is 24.3 Å². The zero-order valence-electron chi connectivity index (χ0n) is 22.2. The Labute approximate surface area is 248 Å². The number of benzene rings is 3. The number of ether oxygens (including phenoxy) is 4. The molecule has 11 N–H and O–H groups in total. The smallest absolute Gasteiger partial charge is 0.339 e. The van der Waals surface area contributed by atoms with E-state index in [0.29, 0.717) is 24.3 Å². The molecule has 0 unspecified atom stereocenters. The van der Waals surface area contributed by atoms with Gasteiger partial charge in [-0.3, -0.25) is 0 Å². The first-order valence-electron chi connectivity index (χ1n) is 12.5. The van der Waals surface area contributed by atoms with E-state index in [0.717, 1.165) is 0 Å². The molecule has 3 aromatic rings. The van der Waals surface area contributed by atoms with Crippen LogP contribution in [0.15, 0.2) is 24.3 Å². The van der Waals surface area contributed by atoms with Gasteiger partial charge in [0.05, 0.1) is 16.7 Å². The molecule has 0 aromatic heterocycles. The summed E-state index contributed by atoms with van der Waals surface area (Å²) in [6.07, 6.45) is -10.2. The van der Waals surface area contributed by atoms with Crippen LogP contribution in [0.5, 0.6) is 51.7 Å². The number of carbonyl (C=O) groups is 3. The van der Waals surface area contributed by atoms with Crippen LogP contribution in [0.1, 0.15) is 31.1 Å². The Kier molecular flexibility index (Phi) is 7.49. The van der Waals surface area contributed by atoms with Gasteiger partial charge in [-0.2, -0.15) is 0 Å². The Balaban J connectivity index is 1.65. The second-order valence-electron chi connectivity index (χ2n) is 9.79. The van der Waals surface area contributed by atoms with Crippen molar-refractivity contribution in [3.8, 4) is 62.9 Å². The highest BCUT2D eigenvalue weighted by Gasteiger charge is 2.50. The van der Waals surface area contributed by atoms with Crippen LogP contribution < -0.4 is 0 Å². The summed E-state index contributed by atoms with van der Waals surface area (Å²) in [5, 5.41) is 113. The average Bonchev–Trinajstić information content (AvgIpc) is 2.99. The molecule has 1 fully saturated rings. The van der Waals surface area contributed by atoms with Gasteiger partial charge in [0.25, 0.3) is 0 Å². The van der Waals surface area contributed by atoms with Crippen molar-refractivity contribution in [3.63, 3.8) is 0 Å². The SMILES string of the molecule is O=C(O[C@@H]1[C@H]2OC(=O)c3cc(O)c(O)c(O)c3-c3c(cc(O)c(O)c3O)C(=O)OC[C@@H](O[C@H]1O)[C@H]2O)c1cc(O)c(O)c(O)c1. The van der Waals surface area contributed by atoms with E-state index in [1.165, 1.54) is 0 Å². The number of phenols is 9. The summed E-state index contributed by atoms with van der Waals surface area (Å²) in [5.74, 6) is -14.7. The summed E-state index contributed by atoms with van der Waals surface area (Å²) in [7, 11) is 0. The number of esters is 3. The predicted molar refractivity (Wildman–Crippen MR) is 139 cm³/mol. The van der Waals surface area contributed by atoms with Crippen molar-refractivity contribution in [2.75, 3.05) is 6.61 Å². The van der Waals surface area contributed by atoms with E-state index < -0.39 is 135 Å². The third-order valence-corrected chi connectivity index (χ3v) is 7.00. The number of carbonyl (C=O) groups excluding carboxylic acids is 3. The van der Waals surface area contributed by atoms with Crippen molar-refractivity contribution < 1.29 is 89.5 Å². The summed E-state index contributed by atoms with van der Waals surface area (Å²) in [6.45, 7) is -0.924. The van der Waals surface area contributed by atoms with Crippen LogP contribution in [0.2, 0.25) is 0 Å². The minimum absolute atomic E-state index is 0.500. The molecule has 5 atom stereocenters. The van der Waals surface area contributed by atoms with Crippen LogP contribution in [-0.4, -0.2) is 111 Å². The van der Waals surface area contributed by atoms with Gasteiger partial charge in [0.15, 0.2) is 58.7 Å². The highest BCUT2D eigenvalue weighted by Crippen LogP contribution is 2.53. The molecule has 2 heterocycles. The molecule has 2 bridgehead atoms. The van der Waals surface area contributed by atoms with Gasteiger partial charge in [-0.25, -0.2) is 14.4 Å². The van der Waals surface area contributed by atoms with Gasteiger partial charge >= 0.3 is 17.9 Å². The molecule has 2 aliphatic heterocycles. The minimum atomic E-state index is -2.22. The van der Waals surface area contributed by atoms with Crippen molar-refractivity contribution in [1.29, 1.82) is 0 Å². The Bertz CT molecular complexity index is 1730. The van der Waals surface area contributed by atoms with E-state index in [-0.39, 0.29) is 0 Å². The lowest BCUT2D eigenvalue weighted by atomic mass is 9.91. The molecular formula is C27H22O18. The monoisotopic (exact) mass is 634 g/mol. The van der Waals surface area contributed by atoms with Crippen LogP contribution in [0.4, 0.5) is 0 Å². The third-order valence-electron chi connectivity index (χ3n) is 7.00. The molecular weight excluding hydrogens is 612 g/mol. The third kappa shape index (κ3) is 5.07. The first-order chi connectivity index (χ1) is 21.1. The van der Waals surface area contributed by atoms with Crippen LogP contribution in [0.3, 0.4) is 0 Å². The lowest BCUT2D eigenvalue weighted by molar-refractivity contribution is -0.284. The van der Waals surface area contributed by atoms with Gasteiger partial charge in [0, 0.05) is 11.1 Å². The molecule has 0 saturated carbocycles. The summed E-state index contributed by atoms with van der Waals surface area (Å²) in [5.41, 5.74) is -4.19. The number of aliphatic hydroxyl groups is 2. The molecule has 0 radical (unpaired) electrons.